The van der Waals surface area contributed by atoms with Crippen molar-refractivity contribution in [3.8, 4) is 5.69 Å². The Hall–Kier alpha value is -4.65. The van der Waals surface area contributed by atoms with E-state index in [0.29, 0.717) is 27.7 Å². The van der Waals surface area contributed by atoms with Gasteiger partial charge >= 0.3 is 0 Å². The maximum Gasteiger partial charge on any atom is 0.269 e. The van der Waals surface area contributed by atoms with Gasteiger partial charge in [-0.05, 0) is 42.3 Å². The molecule has 3 aromatic heterocycles. The normalized spacial score (nSPS) is 11.8. The fourth-order valence-corrected chi connectivity index (χ4v) is 3.95. The highest BCUT2D eigenvalue weighted by Gasteiger charge is 2.20. The van der Waals surface area contributed by atoms with Gasteiger partial charge in [-0.2, -0.15) is 9.78 Å². The summed E-state index contributed by atoms with van der Waals surface area (Å²) in [6.07, 6.45) is 3.29. The third-order valence-electron chi connectivity index (χ3n) is 5.68. The van der Waals surface area contributed by atoms with Crippen molar-refractivity contribution in [3.63, 3.8) is 0 Å². The Labute approximate surface area is 188 Å². The molecule has 0 radical (unpaired) electrons. The average molecular weight is 430 g/mol. The minimum Gasteiger partial charge on any atom is -0.268 e. The zero-order valence-electron chi connectivity index (χ0n) is 17.8. The van der Waals surface area contributed by atoms with E-state index in [-0.39, 0.29) is 5.56 Å². The quantitative estimate of drug-likeness (QED) is 0.388. The van der Waals surface area contributed by atoms with Crippen molar-refractivity contribution in [2.45, 2.75) is 6.92 Å². The number of fused-ring (bicyclic) bond motifs is 4. The first-order valence-electron chi connectivity index (χ1n) is 10.5. The Kier molecular flexibility index (Phi) is 4.33. The van der Waals surface area contributed by atoms with Crippen LogP contribution in [0, 0.1) is 6.92 Å². The van der Waals surface area contributed by atoms with E-state index in [9.17, 15) is 4.79 Å². The molecule has 6 aromatic rings. The molecule has 0 unspecified atom stereocenters. The molecule has 0 aliphatic rings. The molecule has 0 saturated carbocycles. The molecular formula is C26H18N6O. The van der Waals surface area contributed by atoms with Crippen LogP contribution in [0.2, 0.25) is 0 Å². The lowest BCUT2D eigenvalue weighted by Crippen LogP contribution is -2.18. The van der Waals surface area contributed by atoms with Gasteiger partial charge in [-0.25, -0.2) is 15.0 Å². The average Bonchev–Trinajstić information content (AvgIpc) is 3.16. The van der Waals surface area contributed by atoms with Gasteiger partial charge < -0.3 is 0 Å². The SMILES string of the molecule is Cc1ccccc1/C=N\n1c2nc3ccccc3nc2c2c(=O)n(-c3ccccc3)cnc21. The van der Waals surface area contributed by atoms with Crippen LogP contribution in [-0.2, 0) is 0 Å². The van der Waals surface area contributed by atoms with Crippen molar-refractivity contribution in [2.75, 3.05) is 0 Å². The molecule has 33 heavy (non-hydrogen) atoms. The molecular weight excluding hydrogens is 412 g/mol. The second kappa shape index (κ2) is 7.49. The van der Waals surface area contributed by atoms with Crippen LogP contribution in [0.1, 0.15) is 11.1 Å². The van der Waals surface area contributed by atoms with Gasteiger partial charge in [-0.3, -0.25) is 9.36 Å². The Balaban J connectivity index is 1.69. The molecule has 0 aliphatic heterocycles. The predicted octanol–water partition coefficient (Wildman–Crippen LogP) is 4.47. The zero-order valence-corrected chi connectivity index (χ0v) is 17.8. The van der Waals surface area contributed by atoms with Crippen molar-refractivity contribution in [1.29, 1.82) is 0 Å². The molecule has 0 atom stereocenters. The lowest BCUT2D eigenvalue weighted by atomic mass is 10.1. The van der Waals surface area contributed by atoms with E-state index >= 15 is 0 Å². The van der Waals surface area contributed by atoms with Crippen molar-refractivity contribution >= 4 is 39.4 Å². The first-order valence-corrected chi connectivity index (χ1v) is 10.5. The van der Waals surface area contributed by atoms with Crippen molar-refractivity contribution in [2.24, 2.45) is 5.10 Å². The zero-order chi connectivity index (χ0) is 22.4. The maximum atomic E-state index is 13.6. The highest BCUT2D eigenvalue weighted by atomic mass is 16.1. The number of rotatable bonds is 3. The van der Waals surface area contributed by atoms with Crippen molar-refractivity contribution in [3.05, 3.63) is 107 Å². The van der Waals surface area contributed by atoms with Gasteiger partial charge in [0.15, 0.2) is 11.3 Å². The number of hydrogen-bond donors (Lipinski definition) is 0. The molecule has 6 rings (SSSR count). The fraction of sp³-hybridized carbons (Fsp3) is 0.0385. The topological polar surface area (TPSA) is 78.0 Å². The molecule has 3 aromatic carbocycles. The first kappa shape index (κ1) is 19.1. The summed E-state index contributed by atoms with van der Waals surface area (Å²) < 4.78 is 3.13. The summed E-state index contributed by atoms with van der Waals surface area (Å²) in [5, 5.41) is 5.07. The molecule has 0 spiro atoms. The van der Waals surface area contributed by atoms with E-state index in [4.69, 9.17) is 9.97 Å². The van der Waals surface area contributed by atoms with Crippen LogP contribution in [0.5, 0.6) is 0 Å². The van der Waals surface area contributed by atoms with E-state index < -0.39 is 0 Å². The Morgan fingerprint density at radius 3 is 2.30 bits per heavy atom. The van der Waals surface area contributed by atoms with Crippen LogP contribution in [0.15, 0.2) is 95.1 Å². The second-order valence-corrected chi connectivity index (χ2v) is 7.75. The summed E-state index contributed by atoms with van der Waals surface area (Å²) in [6, 6.07) is 25.0. The van der Waals surface area contributed by atoms with Gasteiger partial charge in [0.05, 0.1) is 22.9 Å². The monoisotopic (exact) mass is 430 g/mol. The molecule has 7 heteroatoms. The van der Waals surface area contributed by atoms with Crippen LogP contribution < -0.4 is 5.56 Å². The van der Waals surface area contributed by atoms with E-state index in [1.54, 1.807) is 10.9 Å². The summed E-state index contributed by atoms with van der Waals surface area (Å²) in [5.74, 6) is 0. The number of hydrogen-bond acceptors (Lipinski definition) is 5. The summed E-state index contributed by atoms with van der Waals surface area (Å²) in [5.41, 5.74) is 5.40. The minimum atomic E-state index is -0.217. The van der Waals surface area contributed by atoms with E-state index in [1.165, 1.54) is 10.9 Å². The van der Waals surface area contributed by atoms with Crippen LogP contribution in [0.4, 0.5) is 0 Å². The highest BCUT2D eigenvalue weighted by molar-refractivity contribution is 6.05. The molecule has 0 aliphatic carbocycles. The fourth-order valence-electron chi connectivity index (χ4n) is 3.95. The van der Waals surface area contributed by atoms with Crippen molar-refractivity contribution < 1.29 is 0 Å². The van der Waals surface area contributed by atoms with Crippen molar-refractivity contribution in [1.82, 2.24) is 24.2 Å². The Morgan fingerprint density at radius 1 is 0.818 bits per heavy atom. The van der Waals surface area contributed by atoms with Gasteiger partial charge in [-0.15, -0.1) is 0 Å². The minimum absolute atomic E-state index is 0.217. The van der Waals surface area contributed by atoms with Gasteiger partial charge in [0.1, 0.15) is 17.2 Å². The van der Waals surface area contributed by atoms with Crippen LogP contribution >= 0.6 is 0 Å². The van der Waals surface area contributed by atoms with Gasteiger partial charge in [0, 0.05) is 0 Å². The predicted molar refractivity (Wildman–Crippen MR) is 130 cm³/mol. The smallest absolute Gasteiger partial charge is 0.268 e. The third kappa shape index (κ3) is 3.10. The maximum absolute atomic E-state index is 13.6. The summed E-state index contributed by atoms with van der Waals surface area (Å²) in [7, 11) is 0. The number of aromatic nitrogens is 5. The molecule has 158 valence electrons. The van der Waals surface area contributed by atoms with E-state index in [0.717, 1.165) is 22.3 Å². The lowest BCUT2D eigenvalue weighted by molar-refractivity contribution is 0.906. The largest absolute Gasteiger partial charge is 0.269 e. The molecule has 0 amide bonds. The second-order valence-electron chi connectivity index (χ2n) is 7.75. The number of benzene rings is 3. The van der Waals surface area contributed by atoms with E-state index in [1.807, 2.05) is 85.8 Å². The molecule has 0 bridgehead atoms. The number of nitrogens with zero attached hydrogens (tertiary/aromatic N) is 6. The number of para-hydroxylation sites is 3. The molecule has 0 fully saturated rings. The molecule has 0 saturated heterocycles. The van der Waals surface area contributed by atoms with Gasteiger partial charge in [-0.1, -0.05) is 54.6 Å². The highest BCUT2D eigenvalue weighted by Crippen LogP contribution is 2.25. The molecule has 7 nitrogen and oxygen atoms in total. The molecule has 3 heterocycles. The summed E-state index contributed by atoms with van der Waals surface area (Å²) in [6.45, 7) is 2.03. The summed E-state index contributed by atoms with van der Waals surface area (Å²) in [4.78, 5) is 27.8. The third-order valence-corrected chi connectivity index (χ3v) is 5.68. The van der Waals surface area contributed by atoms with Gasteiger partial charge in [0.2, 0.25) is 0 Å². The lowest BCUT2D eigenvalue weighted by Gasteiger charge is -2.05. The van der Waals surface area contributed by atoms with Crippen LogP contribution in [-0.4, -0.2) is 30.4 Å². The number of aryl methyl sites for hydroxylation is 1. The first-order chi connectivity index (χ1) is 16.2. The van der Waals surface area contributed by atoms with Gasteiger partial charge in [0.25, 0.3) is 5.56 Å². The van der Waals surface area contributed by atoms with Crippen LogP contribution in [0.3, 0.4) is 0 Å². The molecule has 0 N–H and O–H groups in total. The Bertz CT molecular complexity index is 1750. The van der Waals surface area contributed by atoms with E-state index in [2.05, 4.69) is 10.1 Å². The summed E-state index contributed by atoms with van der Waals surface area (Å²) >= 11 is 0. The standard InChI is InChI=1S/C26H18N6O/c1-17-9-5-6-10-18(17)15-28-32-24-22(23-25(32)30-21-14-8-7-13-20(21)29-23)26(33)31(16-27-24)19-11-3-2-4-12-19/h2-16H,1H3/b28-15-. The van der Waals surface area contributed by atoms with Crippen LogP contribution in [0.25, 0.3) is 38.9 Å². The Morgan fingerprint density at radius 2 is 1.52 bits per heavy atom.